The summed E-state index contributed by atoms with van der Waals surface area (Å²) in [5.41, 5.74) is 1.11. The van der Waals surface area contributed by atoms with Crippen molar-refractivity contribution < 1.29 is 9.13 Å². The van der Waals surface area contributed by atoms with Crippen LogP contribution in [0.2, 0.25) is 0 Å². The van der Waals surface area contributed by atoms with Crippen molar-refractivity contribution in [2.45, 2.75) is 19.6 Å². The normalized spacial score (nSPS) is 19.8. The molecule has 1 aliphatic heterocycles. The first-order chi connectivity index (χ1) is 10.2. The zero-order valence-corrected chi connectivity index (χ0v) is 12.6. The Kier molecular flexibility index (Phi) is 4.19. The quantitative estimate of drug-likeness (QED) is 0.873. The highest BCUT2D eigenvalue weighted by Gasteiger charge is 2.21. The second-order valence-electron chi connectivity index (χ2n) is 5.17. The van der Waals surface area contributed by atoms with E-state index in [4.69, 9.17) is 4.74 Å². The van der Waals surface area contributed by atoms with Gasteiger partial charge < -0.3 is 4.74 Å². The summed E-state index contributed by atoms with van der Waals surface area (Å²) < 4.78 is 21.0. The van der Waals surface area contributed by atoms with E-state index >= 15 is 0 Å². The largest absolute Gasteiger partial charge is 0.379 e. The molecule has 0 unspecified atom stereocenters. The van der Waals surface area contributed by atoms with Crippen LogP contribution in [-0.2, 0) is 11.4 Å². The number of benzene rings is 1. The SMILES string of the molecule is C[C@H]1COCCN1Cn1c(-c2ccccc2F)csc1=O. The number of ether oxygens (including phenoxy) is 1. The lowest BCUT2D eigenvalue weighted by atomic mass is 10.1. The van der Waals surface area contributed by atoms with Gasteiger partial charge in [0.15, 0.2) is 0 Å². The van der Waals surface area contributed by atoms with Gasteiger partial charge in [-0.3, -0.25) is 14.3 Å². The van der Waals surface area contributed by atoms with Gasteiger partial charge in [0, 0.05) is 23.5 Å². The monoisotopic (exact) mass is 308 g/mol. The van der Waals surface area contributed by atoms with Crippen LogP contribution in [0, 0.1) is 5.82 Å². The molecule has 1 atom stereocenters. The van der Waals surface area contributed by atoms with Gasteiger partial charge >= 0.3 is 4.87 Å². The molecule has 0 amide bonds. The van der Waals surface area contributed by atoms with Gasteiger partial charge in [-0.15, -0.1) is 0 Å². The summed E-state index contributed by atoms with van der Waals surface area (Å²) >= 11 is 1.11. The van der Waals surface area contributed by atoms with Crippen molar-refractivity contribution in [3.05, 3.63) is 45.1 Å². The first-order valence-electron chi connectivity index (χ1n) is 6.92. The van der Waals surface area contributed by atoms with Gasteiger partial charge in [-0.1, -0.05) is 23.5 Å². The van der Waals surface area contributed by atoms with Crippen molar-refractivity contribution in [3.63, 3.8) is 0 Å². The van der Waals surface area contributed by atoms with E-state index in [0.717, 1.165) is 17.9 Å². The zero-order valence-electron chi connectivity index (χ0n) is 11.8. The van der Waals surface area contributed by atoms with Gasteiger partial charge in [-0.2, -0.15) is 0 Å². The van der Waals surface area contributed by atoms with Crippen molar-refractivity contribution in [1.82, 2.24) is 9.47 Å². The van der Waals surface area contributed by atoms with Gasteiger partial charge in [0.25, 0.3) is 0 Å². The number of hydrogen-bond acceptors (Lipinski definition) is 4. The average molecular weight is 308 g/mol. The number of halogens is 1. The molecule has 1 saturated heterocycles. The maximum absolute atomic E-state index is 14.0. The Balaban J connectivity index is 1.94. The van der Waals surface area contributed by atoms with Gasteiger partial charge in [0.05, 0.1) is 25.6 Å². The minimum atomic E-state index is -0.306. The maximum Gasteiger partial charge on any atom is 0.308 e. The summed E-state index contributed by atoms with van der Waals surface area (Å²) in [6, 6.07) is 6.80. The molecule has 0 radical (unpaired) electrons. The minimum Gasteiger partial charge on any atom is -0.379 e. The molecule has 1 aromatic carbocycles. The standard InChI is InChI=1S/C15H17FN2O2S/c1-11-8-20-7-6-17(11)10-18-14(9-21-15(18)19)12-4-2-3-5-13(12)16/h2-5,9,11H,6-8,10H2,1H3/t11-/m0/s1. The molecule has 6 heteroatoms. The van der Waals surface area contributed by atoms with Crippen LogP contribution >= 0.6 is 11.3 Å². The average Bonchev–Trinajstić information content (AvgIpc) is 2.83. The maximum atomic E-state index is 14.0. The highest BCUT2D eigenvalue weighted by Crippen LogP contribution is 2.23. The highest BCUT2D eigenvalue weighted by molar-refractivity contribution is 7.07. The third-order valence-electron chi connectivity index (χ3n) is 3.76. The molecular formula is C15H17FN2O2S. The van der Waals surface area contributed by atoms with E-state index < -0.39 is 0 Å². The first kappa shape index (κ1) is 14.4. The Bertz CT molecular complexity index is 682. The van der Waals surface area contributed by atoms with Crippen LogP contribution in [0.3, 0.4) is 0 Å². The highest BCUT2D eigenvalue weighted by atomic mass is 32.1. The second kappa shape index (κ2) is 6.09. The van der Waals surface area contributed by atoms with E-state index in [9.17, 15) is 9.18 Å². The number of thiazole rings is 1. The number of hydrogen-bond donors (Lipinski definition) is 0. The zero-order chi connectivity index (χ0) is 14.8. The Morgan fingerprint density at radius 3 is 3.00 bits per heavy atom. The van der Waals surface area contributed by atoms with Crippen LogP contribution < -0.4 is 4.87 Å². The summed E-state index contributed by atoms with van der Waals surface area (Å²) in [6.45, 7) is 4.64. The number of rotatable bonds is 3. The lowest BCUT2D eigenvalue weighted by Crippen LogP contribution is -2.45. The molecule has 0 N–H and O–H groups in total. The van der Waals surface area contributed by atoms with Crippen LogP contribution in [0.4, 0.5) is 4.39 Å². The molecule has 0 spiro atoms. The third kappa shape index (κ3) is 2.92. The molecule has 1 fully saturated rings. The topological polar surface area (TPSA) is 34.5 Å². The van der Waals surface area contributed by atoms with Gasteiger partial charge in [-0.05, 0) is 19.1 Å². The fourth-order valence-corrected chi connectivity index (χ4v) is 3.25. The summed E-state index contributed by atoms with van der Waals surface area (Å²) in [6.07, 6.45) is 0. The molecular weight excluding hydrogens is 291 g/mol. The van der Waals surface area contributed by atoms with E-state index in [1.54, 1.807) is 28.1 Å². The summed E-state index contributed by atoms with van der Waals surface area (Å²) in [5, 5.41) is 1.73. The summed E-state index contributed by atoms with van der Waals surface area (Å²) in [7, 11) is 0. The lowest BCUT2D eigenvalue weighted by Gasteiger charge is -2.33. The second-order valence-corrected chi connectivity index (χ2v) is 5.99. The molecule has 112 valence electrons. The van der Waals surface area contributed by atoms with Crippen LogP contribution in [0.1, 0.15) is 6.92 Å². The van der Waals surface area contributed by atoms with E-state index in [1.165, 1.54) is 6.07 Å². The molecule has 1 aromatic heterocycles. The number of morpholine rings is 1. The Labute approximate surface area is 126 Å². The van der Waals surface area contributed by atoms with Crippen LogP contribution in [-0.4, -0.2) is 35.3 Å². The Hall–Kier alpha value is -1.50. The van der Waals surface area contributed by atoms with Crippen LogP contribution in [0.5, 0.6) is 0 Å². The molecule has 0 bridgehead atoms. The number of nitrogens with zero attached hydrogens (tertiary/aromatic N) is 2. The first-order valence-corrected chi connectivity index (χ1v) is 7.80. The molecule has 3 rings (SSSR count). The predicted octanol–water partition coefficient (Wildman–Crippen LogP) is 2.39. The molecule has 21 heavy (non-hydrogen) atoms. The van der Waals surface area contributed by atoms with Crippen molar-refractivity contribution in [3.8, 4) is 11.3 Å². The van der Waals surface area contributed by atoms with E-state index in [1.807, 2.05) is 0 Å². The smallest absolute Gasteiger partial charge is 0.308 e. The van der Waals surface area contributed by atoms with Gasteiger partial charge in [-0.25, -0.2) is 4.39 Å². The van der Waals surface area contributed by atoms with Crippen molar-refractivity contribution in [1.29, 1.82) is 0 Å². The number of aromatic nitrogens is 1. The van der Waals surface area contributed by atoms with Crippen LogP contribution in [0.25, 0.3) is 11.3 Å². The third-order valence-corrected chi connectivity index (χ3v) is 4.52. The van der Waals surface area contributed by atoms with Crippen LogP contribution in [0.15, 0.2) is 34.4 Å². The molecule has 2 heterocycles. The Morgan fingerprint density at radius 1 is 1.43 bits per heavy atom. The molecule has 0 saturated carbocycles. The van der Waals surface area contributed by atoms with E-state index in [-0.39, 0.29) is 16.7 Å². The molecule has 2 aromatic rings. The fourth-order valence-electron chi connectivity index (χ4n) is 2.50. The van der Waals surface area contributed by atoms with Crippen molar-refractivity contribution in [2.24, 2.45) is 0 Å². The van der Waals surface area contributed by atoms with Crippen molar-refractivity contribution >= 4 is 11.3 Å². The van der Waals surface area contributed by atoms with Crippen molar-refractivity contribution in [2.75, 3.05) is 19.8 Å². The van der Waals surface area contributed by atoms with E-state index in [2.05, 4.69) is 11.8 Å². The molecule has 1 aliphatic rings. The predicted molar refractivity (Wildman–Crippen MR) is 81.0 cm³/mol. The van der Waals surface area contributed by atoms with Gasteiger partial charge in [0.1, 0.15) is 5.82 Å². The van der Waals surface area contributed by atoms with Gasteiger partial charge in [0.2, 0.25) is 0 Å². The van der Waals surface area contributed by atoms with E-state index in [0.29, 0.717) is 31.1 Å². The molecule has 0 aliphatic carbocycles. The Morgan fingerprint density at radius 2 is 2.24 bits per heavy atom. The lowest BCUT2D eigenvalue weighted by molar-refractivity contribution is -0.0152. The molecule has 4 nitrogen and oxygen atoms in total. The summed E-state index contributed by atoms with van der Waals surface area (Å²) in [4.78, 5) is 14.2. The summed E-state index contributed by atoms with van der Waals surface area (Å²) in [5.74, 6) is -0.306. The fraction of sp³-hybridized carbons (Fsp3) is 0.400. The minimum absolute atomic E-state index is 0.0630.